The van der Waals surface area contributed by atoms with E-state index in [1.807, 2.05) is 0 Å². The molecular weight excluding hydrogens is 362 g/mol. The average Bonchev–Trinajstić information content (AvgIpc) is 2.64. The fourth-order valence-corrected chi connectivity index (χ4v) is 7.49. The van der Waals surface area contributed by atoms with Gasteiger partial charge in [0.15, 0.2) is 0 Å². The van der Waals surface area contributed by atoms with E-state index >= 15 is 0 Å². The fourth-order valence-electron chi connectivity index (χ4n) is 2.04. The summed E-state index contributed by atoms with van der Waals surface area (Å²) in [6.07, 6.45) is 3.55. The summed E-state index contributed by atoms with van der Waals surface area (Å²) in [4.78, 5) is 0. The number of allylic oxidation sites excluding steroid dienone is 1. The summed E-state index contributed by atoms with van der Waals surface area (Å²) in [6.45, 7) is 6.81. The quantitative estimate of drug-likeness (QED) is 0.527. The van der Waals surface area contributed by atoms with Gasteiger partial charge in [-0.15, -0.1) is 0 Å². The Balaban J connectivity index is 0.00000144. The molecule has 0 saturated carbocycles. The molecule has 0 aromatic heterocycles. The molecule has 1 atom stereocenters. The number of halogens is 2. The van der Waals surface area contributed by atoms with Crippen LogP contribution in [0.1, 0.15) is 28.1 Å². The molecule has 1 aliphatic rings. The summed E-state index contributed by atoms with van der Waals surface area (Å²) in [6, 6.07) is 8.81. The van der Waals surface area contributed by atoms with Gasteiger partial charge < -0.3 is 24.8 Å². The normalized spacial score (nSPS) is 16.2. The maximum atomic E-state index is 6.08. The largest absolute Gasteiger partial charge is 1.00 e. The van der Waals surface area contributed by atoms with E-state index in [2.05, 4.69) is 50.4 Å². The van der Waals surface area contributed by atoms with E-state index in [-0.39, 0.29) is 24.8 Å². The van der Waals surface area contributed by atoms with Gasteiger partial charge in [-0.25, -0.2) is 0 Å². The summed E-state index contributed by atoms with van der Waals surface area (Å²) >= 11 is -0.727. The summed E-state index contributed by atoms with van der Waals surface area (Å²) in [5, 5.41) is 0. The summed E-state index contributed by atoms with van der Waals surface area (Å²) < 4.78 is 6.76. The van der Waals surface area contributed by atoms with Gasteiger partial charge in [0.1, 0.15) is 0 Å². The van der Waals surface area contributed by atoms with Crippen molar-refractivity contribution in [1.29, 1.82) is 0 Å². The van der Waals surface area contributed by atoms with Gasteiger partial charge in [-0.05, 0) is 0 Å². The van der Waals surface area contributed by atoms with E-state index in [1.54, 1.807) is 5.57 Å². The van der Waals surface area contributed by atoms with Crippen LogP contribution in [-0.2, 0) is 26.2 Å². The van der Waals surface area contributed by atoms with E-state index in [0.29, 0.717) is 3.63 Å². The molecule has 0 aliphatic heterocycles. The molecule has 0 spiro atoms. The number of fused-ring (bicyclic) bond motifs is 1. The predicted octanol–water partition coefficient (Wildman–Crippen LogP) is -2.46. The van der Waals surface area contributed by atoms with Crippen molar-refractivity contribution < 1.29 is 51.0 Å². The third-order valence-electron chi connectivity index (χ3n) is 2.85. The van der Waals surface area contributed by atoms with Crippen molar-refractivity contribution in [2.24, 2.45) is 0 Å². The Morgan fingerprint density at radius 2 is 1.89 bits per heavy atom. The number of benzene rings is 1. The molecule has 0 heterocycles. The van der Waals surface area contributed by atoms with E-state index in [1.165, 1.54) is 17.5 Å². The first kappa shape index (κ1) is 18.6. The van der Waals surface area contributed by atoms with Crippen molar-refractivity contribution >= 4 is 15.1 Å². The number of rotatable bonds is 4. The van der Waals surface area contributed by atoms with Crippen LogP contribution in [0.2, 0.25) is 13.1 Å². The fraction of sp³-hybridized carbons (Fsp3) is 0.385. The first-order valence-electron chi connectivity index (χ1n) is 5.93. The zero-order chi connectivity index (χ0) is 11.5. The Bertz CT molecular complexity index is 410. The van der Waals surface area contributed by atoms with Gasteiger partial charge in [0, 0.05) is 0 Å². The predicted molar refractivity (Wildman–Crippen MR) is 67.4 cm³/mol. The molecule has 2 rings (SSSR count). The molecule has 1 unspecified atom stereocenters. The van der Waals surface area contributed by atoms with Gasteiger partial charge >= 0.3 is 112 Å². The van der Waals surface area contributed by atoms with Crippen molar-refractivity contribution in [3.8, 4) is 0 Å². The summed E-state index contributed by atoms with van der Waals surface area (Å²) in [5.74, 6) is 0. The number of hydrogen-bond acceptors (Lipinski definition) is 1. The monoisotopic (exact) mass is 378 g/mol. The Morgan fingerprint density at radius 1 is 1.22 bits per heavy atom. The second-order valence-corrected chi connectivity index (χ2v) is 10.5. The van der Waals surface area contributed by atoms with Crippen molar-refractivity contribution in [2.75, 3.05) is 0 Å². The van der Waals surface area contributed by atoms with Gasteiger partial charge in [0.2, 0.25) is 0 Å². The third-order valence-corrected chi connectivity index (χ3v) is 10.2. The average molecular weight is 381 g/mol. The van der Waals surface area contributed by atoms with Crippen LogP contribution in [0.25, 0.3) is 6.08 Å². The summed E-state index contributed by atoms with van der Waals surface area (Å²) in [7, 11) is -0.831. The minimum absolute atomic E-state index is 0. The van der Waals surface area contributed by atoms with Gasteiger partial charge in [-0.2, -0.15) is 0 Å². The molecule has 0 N–H and O–H groups in total. The van der Waals surface area contributed by atoms with Crippen molar-refractivity contribution in [3.05, 3.63) is 41.0 Å². The van der Waals surface area contributed by atoms with Gasteiger partial charge in [0.25, 0.3) is 0 Å². The molecule has 0 radical (unpaired) electrons. The molecule has 0 saturated heterocycles. The van der Waals surface area contributed by atoms with Crippen LogP contribution < -0.4 is 24.8 Å². The Kier molecular flexibility index (Phi) is 9.00. The molecule has 1 nitrogen and oxygen atoms in total. The molecule has 98 valence electrons. The third kappa shape index (κ3) is 4.31. The van der Waals surface area contributed by atoms with E-state index < -0.39 is 32.7 Å². The smallest absolute Gasteiger partial charge is 1.00 e. The molecule has 5 heteroatoms. The zero-order valence-electron chi connectivity index (χ0n) is 10.9. The van der Waals surface area contributed by atoms with Crippen molar-refractivity contribution in [2.45, 2.75) is 30.1 Å². The SMILES string of the molecule is CCC1=Cc2ccccc2[CH]1[Zr+2][O][SiH](C)C.[Cl-].[Cl-]. The van der Waals surface area contributed by atoms with Crippen LogP contribution in [0.4, 0.5) is 0 Å². The Hall–Kier alpha value is 0.600. The van der Waals surface area contributed by atoms with E-state index in [9.17, 15) is 0 Å². The van der Waals surface area contributed by atoms with Crippen LogP contribution in [0.5, 0.6) is 0 Å². The van der Waals surface area contributed by atoms with Crippen LogP contribution in [-0.4, -0.2) is 9.04 Å². The summed E-state index contributed by atoms with van der Waals surface area (Å²) in [5.41, 5.74) is 4.56. The van der Waals surface area contributed by atoms with Crippen molar-refractivity contribution in [3.63, 3.8) is 0 Å². The molecule has 1 aromatic carbocycles. The molecule has 1 aliphatic carbocycles. The second kappa shape index (κ2) is 8.71. The van der Waals surface area contributed by atoms with E-state index in [4.69, 9.17) is 2.50 Å². The maximum Gasteiger partial charge on any atom is -1.00 e. The standard InChI is InChI=1S/C11H11.C2H7OSi.2ClH.Zr/c1-2-9-7-10-5-3-4-6-11(10)8-9;1-4(2)3;;;/h3-8H,2H2,1H3;4H,1-2H3;2*1H;/q;-1;;;+3/p-2. The molecule has 0 amide bonds. The van der Waals surface area contributed by atoms with Gasteiger partial charge in [-0.1, -0.05) is 0 Å². The minimum Gasteiger partial charge on any atom is -1.00 e. The molecular formula is C13H18Cl2OSiZr. The second-order valence-electron chi connectivity index (χ2n) is 4.42. The molecule has 0 bridgehead atoms. The van der Waals surface area contributed by atoms with Crippen LogP contribution in [0, 0.1) is 0 Å². The number of hydrogen-bond donors (Lipinski definition) is 0. The zero-order valence-corrected chi connectivity index (χ0v) is 16.0. The molecule has 18 heavy (non-hydrogen) atoms. The van der Waals surface area contributed by atoms with Crippen molar-refractivity contribution in [1.82, 2.24) is 0 Å². The van der Waals surface area contributed by atoms with Crippen LogP contribution in [0.3, 0.4) is 0 Å². The van der Waals surface area contributed by atoms with E-state index in [0.717, 1.165) is 0 Å². The maximum absolute atomic E-state index is 6.08. The minimum atomic E-state index is -0.831. The van der Waals surface area contributed by atoms with Crippen LogP contribution >= 0.6 is 0 Å². The van der Waals surface area contributed by atoms with Crippen LogP contribution in [0.15, 0.2) is 29.8 Å². The molecule has 0 fully saturated rings. The first-order valence-corrected chi connectivity index (χ1v) is 11.1. The van der Waals surface area contributed by atoms with Gasteiger partial charge in [-0.3, -0.25) is 0 Å². The molecule has 1 aromatic rings. The topological polar surface area (TPSA) is 9.23 Å². The first-order chi connectivity index (χ1) is 7.72. The van der Waals surface area contributed by atoms with Gasteiger partial charge in [0.05, 0.1) is 0 Å². The Labute approximate surface area is 136 Å². The Morgan fingerprint density at radius 3 is 2.50 bits per heavy atom.